The van der Waals surface area contributed by atoms with Crippen molar-refractivity contribution in [3.05, 3.63) is 27.8 Å². The van der Waals surface area contributed by atoms with Gasteiger partial charge in [0.2, 0.25) is 0 Å². The van der Waals surface area contributed by atoms with E-state index in [0.717, 1.165) is 5.75 Å². The van der Waals surface area contributed by atoms with Crippen molar-refractivity contribution in [3.8, 4) is 5.75 Å². The summed E-state index contributed by atoms with van der Waals surface area (Å²) in [5.41, 5.74) is 0. The van der Waals surface area contributed by atoms with Crippen LogP contribution in [-0.2, 0) is 37.9 Å². The van der Waals surface area contributed by atoms with Gasteiger partial charge < -0.3 is 47.7 Å². The number of aliphatic hydroxyl groups is 1. The van der Waals surface area contributed by atoms with E-state index < -0.39 is 0 Å². The Hall–Kier alpha value is -0.610. The molecule has 1 rings (SSSR count). The van der Waals surface area contributed by atoms with Gasteiger partial charge in [0.15, 0.2) is 0 Å². The zero-order chi connectivity index (χ0) is 25.1. The van der Waals surface area contributed by atoms with Gasteiger partial charge in [-0.15, -0.1) is 0 Å². The third-order valence-corrected chi connectivity index (χ3v) is 4.87. The van der Waals surface area contributed by atoms with Gasteiger partial charge in [-0.2, -0.15) is 0 Å². The van der Waals surface area contributed by atoms with Crippen molar-refractivity contribution in [2.45, 2.75) is 0 Å². The molecule has 0 fully saturated rings. The Balaban J connectivity index is 1.65. The lowest BCUT2D eigenvalue weighted by Gasteiger charge is -2.09. The Labute approximate surface area is 222 Å². The molecule has 1 N–H and O–H groups in total. The van der Waals surface area contributed by atoms with Crippen LogP contribution >= 0.6 is 22.6 Å². The molecule has 204 valence electrons. The summed E-state index contributed by atoms with van der Waals surface area (Å²) in [6.07, 6.45) is 0. The van der Waals surface area contributed by atoms with Gasteiger partial charge in [0.1, 0.15) is 12.4 Å². The Bertz CT molecular complexity index is 550. The van der Waals surface area contributed by atoms with Crippen molar-refractivity contribution < 1.29 is 47.7 Å². The highest BCUT2D eigenvalue weighted by molar-refractivity contribution is 14.1. The molecule has 0 atom stereocenters. The first-order valence-corrected chi connectivity index (χ1v) is 13.0. The fraction of sp³-hybridized carbons (Fsp3) is 0.750. The van der Waals surface area contributed by atoms with Crippen LogP contribution in [-0.4, -0.2) is 124 Å². The minimum absolute atomic E-state index is 0.0295. The van der Waals surface area contributed by atoms with E-state index in [1.165, 1.54) is 3.57 Å². The predicted octanol–water partition coefficient (Wildman–Crippen LogP) is 1.80. The molecule has 0 radical (unpaired) electrons. The number of hydrogen-bond donors (Lipinski definition) is 1. The molecule has 0 saturated carbocycles. The van der Waals surface area contributed by atoms with E-state index in [1.807, 2.05) is 24.3 Å². The third-order valence-electron chi connectivity index (χ3n) is 4.15. The molecule has 0 heterocycles. The Morgan fingerprint density at radius 3 is 1.03 bits per heavy atom. The minimum Gasteiger partial charge on any atom is -0.491 e. The molecule has 0 aromatic heterocycles. The average molecular weight is 616 g/mol. The van der Waals surface area contributed by atoms with E-state index in [0.29, 0.717) is 112 Å². The molecule has 1 aromatic carbocycles. The van der Waals surface area contributed by atoms with Gasteiger partial charge in [-0.05, 0) is 46.9 Å². The summed E-state index contributed by atoms with van der Waals surface area (Å²) in [5.74, 6) is 0.848. The zero-order valence-corrected chi connectivity index (χ0v) is 22.7. The second-order valence-corrected chi connectivity index (χ2v) is 8.17. The lowest BCUT2D eigenvalue weighted by Crippen LogP contribution is -2.15. The maximum atomic E-state index is 8.55. The standard InChI is InChI=1S/C24H41IO10/c25-23-1-3-24(4-2-23)35-22-21-34-20-19-33-18-17-32-16-15-31-14-13-30-12-11-29-10-9-28-8-7-27-6-5-26/h1-4,26H,5-22H2. The summed E-state index contributed by atoms with van der Waals surface area (Å²) in [6, 6.07) is 7.91. The summed E-state index contributed by atoms with van der Waals surface area (Å²) in [4.78, 5) is 0. The van der Waals surface area contributed by atoms with E-state index >= 15 is 0 Å². The molecule has 35 heavy (non-hydrogen) atoms. The zero-order valence-electron chi connectivity index (χ0n) is 20.5. The second kappa shape index (κ2) is 26.5. The summed E-state index contributed by atoms with van der Waals surface area (Å²) in [6.45, 7) is 8.59. The number of ether oxygens (including phenoxy) is 9. The number of rotatable bonds is 27. The predicted molar refractivity (Wildman–Crippen MR) is 138 cm³/mol. The molecule has 0 unspecified atom stereocenters. The molecular formula is C24H41IO10. The molecule has 0 aliphatic carbocycles. The van der Waals surface area contributed by atoms with E-state index in [1.54, 1.807) is 0 Å². The van der Waals surface area contributed by atoms with Gasteiger partial charge in [-0.1, -0.05) is 0 Å². The lowest BCUT2D eigenvalue weighted by molar-refractivity contribution is -0.0242. The highest BCUT2D eigenvalue weighted by atomic mass is 127. The summed E-state index contributed by atoms with van der Waals surface area (Å²) in [7, 11) is 0. The Kier molecular flexibility index (Phi) is 24.5. The van der Waals surface area contributed by atoms with Crippen molar-refractivity contribution in [3.63, 3.8) is 0 Å². The maximum Gasteiger partial charge on any atom is 0.119 e. The van der Waals surface area contributed by atoms with Crippen LogP contribution < -0.4 is 4.74 Å². The summed E-state index contributed by atoms with van der Waals surface area (Å²) in [5, 5.41) is 8.55. The third kappa shape index (κ3) is 23.5. The van der Waals surface area contributed by atoms with Crippen molar-refractivity contribution in [2.75, 3.05) is 119 Å². The van der Waals surface area contributed by atoms with E-state index in [4.69, 9.17) is 47.7 Å². The second-order valence-electron chi connectivity index (χ2n) is 6.92. The molecule has 1 aromatic rings. The molecule has 0 spiro atoms. The Morgan fingerprint density at radius 2 is 0.714 bits per heavy atom. The van der Waals surface area contributed by atoms with Crippen molar-refractivity contribution in [1.29, 1.82) is 0 Å². The normalized spacial score (nSPS) is 11.3. The first kappa shape index (κ1) is 32.4. The number of aliphatic hydroxyl groups excluding tert-OH is 1. The maximum absolute atomic E-state index is 8.55. The van der Waals surface area contributed by atoms with Crippen LogP contribution in [0, 0.1) is 3.57 Å². The number of benzene rings is 1. The fourth-order valence-corrected chi connectivity index (χ4v) is 2.81. The van der Waals surface area contributed by atoms with Crippen LogP contribution in [0.1, 0.15) is 0 Å². The average Bonchev–Trinajstić information content (AvgIpc) is 2.87. The van der Waals surface area contributed by atoms with Gasteiger partial charge in [0.25, 0.3) is 0 Å². The summed E-state index contributed by atoms with van der Waals surface area (Å²) < 4.78 is 49.8. The SMILES string of the molecule is OCCOCCOCCOCCOCCOCCOCCOCCOCCOc1ccc(I)cc1. The van der Waals surface area contributed by atoms with Crippen molar-refractivity contribution in [1.82, 2.24) is 0 Å². The van der Waals surface area contributed by atoms with Crippen LogP contribution in [0.5, 0.6) is 5.75 Å². The Morgan fingerprint density at radius 1 is 0.429 bits per heavy atom. The first-order valence-electron chi connectivity index (χ1n) is 11.9. The molecule has 0 aliphatic heterocycles. The van der Waals surface area contributed by atoms with Gasteiger partial charge in [0.05, 0.1) is 112 Å². The van der Waals surface area contributed by atoms with Crippen LogP contribution in [0.2, 0.25) is 0 Å². The van der Waals surface area contributed by atoms with Crippen LogP contribution in [0.4, 0.5) is 0 Å². The highest BCUT2D eigenvalue weighted by Crippen LogP contribution is 2.13. The molecule has 10 nitrogen and oxygen atoms in total. The first-order chi connectivity index (χ1) is 17.3. The highest BCUT2D eigenvalue weighted by Gasteiger charge is 1.96. The van der Waals surface area contributed by atoms with Gasteiger partial charge in [-0.25, -0.2) is 0 Å². The molecule has 0 saturated heterocycles. The topological polar surface area (TPSA) is 103 Å². The number of hydrogen-bond acceptors (Lipinski definition) is 10. The van der Waals surface area contributed by atoms with E-state index in [9.17, 15) is 0 Å². The van der Waals surface area contributed by atoms with E-state index in [-0.39, 0.29) is 6.61 Å². The number of halogens is 1. The fourth-order valence-electron chi connectivity index (χ4n) is 2.46. The minimum atomic E-state index is 0.0295. The molecule has 0 amide bonds. The quantitative estimate of drug-likeness (QED) is 0.116. The van der Waals surface area contributed by atoms with Crippen LogP contribution in [0.15, 0.2) is 24.3 Å². The molecule has 0 bridgehead atoms. The van der Waals surface area contributed by atoms with E-state index in [2.05, 4.69) is 22.6 Å². The largest absolute Gasteiger partial charge is 0.491 e. The smallest absolute Gasteiger partial charge is 0.119 e. The van der Waals surface area contributed by atoms with Gasteiger partial charge in [-0.3, -0.25) is 0 Å². The van der Waals surface area contributed by atoms with Gasteiger partial charge >= 0.3 is 0 Å². The lowest BCUT2D eigenvalue weighted by atomic mass is 10.3. The molecular weight excluding hydrogens is 575 g/mol. The molecule has 0 aliphatic rings. The monoisotopic (exact) mass is 616 g/mol. The van der Waals surface area contributed by atoms with Gasteiger partial charge in [0, 0.05) is 3.57 Å². The van der Waals surface area contributed by atoms with Crippen molar-refractivity contribution >= 4 is 22.6 Å². The van der Waals surface area contributed by atoms with Crippen LogP contribution in [0.3, 0.4) is 0 Å². The van der Waals surface area contributed by atoms with Crippen LogP contribution in [0.25, 0.3) is 0 Å². The van der Waals surface area contributed by atoms with Crippen molar-refractivity contribution in [2.24, 2.45) is 0 Å². The molecule has 11 heteroatoms. The summed E-state index contributed by atoms with van der Waals surface area (Å²) >= 11 is 2.26.